The highest BCUT2D eigenvalue weighted by Crippen LogP contribution is 2.34. The normalized spacial score (nSPS) is 19.4. The first kappa shape index (κ1) is 11.9. The first-order valence-electron chi connectivity index (χ1n) is 5.76. The second-order valence-electron chi connectivity index (χ2n) is 4.11. The summed E-state index contributed by atoms with van der Waals surface area (Å²) >= 11 is 0. The van der Waals surface area contributed by atoms with Gasteiger partial charge in [0.2, 0.25) is 0 Å². The molecule has 0 bridgehead atoms. The van der Waals surface area contributed by atoms with Crippen molar-refractivity contribution in [3.63, 3.8) is 0 Å². The summed E-state index contributed by atoms with van der Waals surface area (Å²) in [6.07, 6.45) is -0.429. The van der Waals surface area contributed by atoms with Crippen molar-refractivity contribution in [1.29, 1.82) is 0 Å². The van der Waals surface area contributed by atoms with Gasteiger partial charge in [-0.25, -0.2) is 4.79 Å². The molecule has 0 saturated heterocycles. The molecule has 0 fully saturated rings. The number of carbonyl (C=O) groups is 1. The fraction of sp³-hybridized carbons (Fsp3) is 0.462. The van der Waals surface area contributed by atoms with E-state index >= 15 is 0 Å². The monoisotopic (exact) mass is 236 g/mol. The lowest BCUT2D eigenvalue weighted by atomic mass is 9.99. The first-order chi connectivity index (χ1) is 8.13. The molecule has 1 heterocycles. The molecule has 2 atom stereocenters. The Morgan fingerprint density at radius 1 is 1.65 bits per heavy atom. The highest BCUT2D eigenvalue weighted by atomic mass is 16.5. The predicted molar refractivity (Wildman–Crippen MR) is 61.8 cm³/mol. The van der Waals surface area contributed by atoms with Gasteiger partial charge in [-0.3, -0.25) is 0 Å². The maximum Gasteiger partial charge on any atom is 0.339 e. The van der Waals surface area contributed by atoms with Gasteiger partial charge in [0.25, 0.3) is 0 Å². The van der Waals surface area contributed by atoms with Crippen LogP contribution in [0.4, 0.5) is 0 Å². The van der Waals surface area contributed by atoms with E-state index in [4.69, 9.17) is 9.47 Å². The number of rotatable bonds is 3. The molecule has 1 aliphatic heterocycles. The molecule has 2 unspecified atom stereocenters. The Morgan fingerprint density at radius 3 is 3.12 bits per heavy atom. The van der Waals surface area contributed by atoms with Crippen molar-refractivity contribution in [1.82, 2.24) is 0 Å². The van der Waals surface area contributed by atoms with E-state index < -0.39 is 12.1 Å². The molecule has 0 saturated carbocycles. The number of ether oxygens (including phenoxy) is 2. The molecule has 0 spiro atoms. The second-order valence-corrected chi connectivity index (χ2v) is 4.11. The zero-order valence-electron chi connectivity index (χ0n) is 9.97. The van der Waals surface area contributed by atoms with Gasteiger partial charge in [0, 0.05) is 12.0 Å². The van der Waals surface area contributed by atoms with Gasteiger partial charge in [0.15, 0.2) is 6.10 Å². The van der Waals surface area contributed by atoms with Crippen LogP contribution in [0.5, 0.6) is 5.75 Å². The zero-order valence-corrected chi connectivity index (χ0v) is 9.97. The summed E-state index contributed by atoms with van der Waals surface area (Å²) in [4.78, 5) is 11.5. The zero-order chi connectivity index (χ0) is 12.4. The van der Waals surface area contributed by atoms with Crippen molar-refractivity contribution in [3.8, 4) is 5.75 Å². The summed E-state index contributed by atoms with van der Waals surface area (Å²) < 4.78 is 10.4. The third-order valence-electron chi connectivity index (χ3n) is 2.79. The van der Waals surface area contributed by atoms with Crippen molar-refractivity contribution in [2.24, 2.45) is 0 Å². The maximum absolute atomic E-state index is 11.5. The van der Waals surface area contributed by atoms with Crippen LogP contribution in [0.3, 0.4) is 0 Å². The van der Waals surface area contributed by atoms with Crippen molar-refractivity contribution >= 4 is 5.97 Å². The molecule has 1 aromatic rings. The van der Waals surface area contributed by atoms with Crippen LogP contribution >= 0.6 is 0 Å². The molecule has 1 aromatic carbocycles. The molecule has 0 radical (unpaired) electrons. The summed E-state index contributed by atoms with van der Waals surface area (Å²) in [5.74, 6) is 0.138. The average molecular weight is 236 g/mol. The number of benzene rings is 1. The van der Waals surface area contributed by atoms with Crippen molar-refractivity contribution in [2.45, 2.75) is 32.5 Å². The van der Waals surface area contributed by atoms with E-state index in [2.05, 4.69) is 0 Å². The highest BCUT2D eigenvalue weighted by Gasteiger charge is 2.28. The number of hydrogen-bond acceptors (Lipinski definition) is 4. The van der Waals surface area contributed by atoms with Crippen LogP contribution in [0.15, 0.2) is 18.2 Å². The summed E-state index contributed by atoms with van der Waals surface area (Å²) in [7, 11) is 0. The van der Waals surface area contributed by atoms with E-state index in [1.54, 1.807) is 19.1 Å². The third kappa shape index (κ3) is 2.26. The summed E-state index contributed by atoms with van der Waals surface area (Å²) in [6, 6.07) is 5.36. The summed E-state index contributed by atoms with van der Waals surface area (Å²) in [5, 5.41) is 9.94. The van der Waals surface area contributed by atoms with Crippen molar-refractivity contribution in [2.75, 3.05) is 6.61 Å². The Balaban J connectivity index is 2.28. The van der Waals surface area contributed by atoms with Gasteiger partial charge in [-0.2, -0.15) is 0 Å². The molecular weight excluding hydrogens is 220 g/mol. The third-order valence-corrected chi connectivity index (χ3v) is 2.79. The van der Waals surface area contributed by atoms with E-state index in [1.807, 2.05) is 13.0 Å². The topological polar surface area (TPSA) is 55.8 Å². The average Bonchev–Trinajstić information content (AvgIpc) is 2.68. The molecule has 4 nitrogen and oxygen atoms in total. The standard InChI is InChI=1S/C13H16O4/c1-3-16-13(15)12(14)9-5-4-6-11-10(9)7-8(2)17-11/h4-6,8,12,14H,3,7H2,1-2H3. The predicted octanol–water partition coefficient (Wildman–Crippen LogP) is 1.61. The molecule has 0 aromatic heterocycles. The number of hydrogen-bond donors (Lipinski definition) is 1. The maximum atomic E-state index is 11.5. The lowest BCUT2D eigenvalue weighted by molar-refractivity contribution is -0.153. The number of aliphatic hydroxyl groups is 1. The Bertz CT molecular complexity index is 427. The summed E-state index contributed by atoms with van der Waals surface area (Å²) in [6.45, 7) is 3.93. The largest absolute Gasteiger partial charge is 0.490 e. The smallest absolute Gasteiger partial charge is 0.339 e. The van der Waals surface area contributed by atoms with Gasteiger partial charge in [-0.1, -0.05) is 12.1 Å². The van der Waals surface area contributed by atoms with Crippen LogP contribution in [0.2, 0.25) is 0 Å². The number of esters is 1. The Hall–Kier alpha value is -1.55. The van der Waals surface area contributed by atoms with E-state index in [1.165, 1.54) is 0 Å². The fourth-order valence-corrected chi connectivity index (χ4v) is 2.06. The molecule has 1 N–H and O–H groups in total. The van der Waals surface area contributed by atoms with Gasteiger partial charge in [0.1, 0.15) is 11.9 Å². The van der Waals surface area contributed by atoms with Crippen LogP contribution in [0.1, 0.15) is 31.1 Å². The number of aliphatic hydroxyl groups excluding tert-OH is 1. The lowest BCUT2D eigenvalue weighted by Gasteiger charge is -2.12. The number of fused-ring (bicyclic) bond motifs is 1. The van der Waals surface area contributed by atoms with Crippen LogP contribution in [0, 0.1) is 0 Å². The minimum Gasteiger partial charge on any atom is -0.490 e. The van der Waals surface area contributed by atoms with Gasteiger partial charge in [-0.05, 0) is 25.5 Å². The van der Waals surface area contributed by atoms with Crippen LogP contribution in [0.25, 0.3) is 0 Å². The van der Waals surface area contributed by atoms with E-state index in [0.29, 0.717) is 12.0 Å². The second kappa shape index (κ2) is 4.75. The summed E-state index contributed by atoms with van der Waals surface area (Å²) in [5.41, 5.74) is 1.49. The first-order valence-corrected chi connectivity index (χ1v) is 5.76. The van der Waals surface area contributed by atoms with Gasteiger partial charge >= 0.3 is 5.97 Å². The Morgan fingerprint density at radius 2 is 2.41 bits per heavy atom. The lowest BCUT2D eigenvalue weighted by Crippen LogP contribution is -2.16. The molecule has 4 heteroatoms. The van der Waals surface area contributed by atoms with Crippen LogP contribution < -0.4 is 4.74 Å². The van der Waals surface area contributed by atoms with Gasteiger partial charge in [-0.15, -0.1) is 0 Å². The number of carbonyl (C=O) groups excluding carboxylic acids is 1. The Labute approximate surface area is 100 Å². The minimum atomic E-state index is -1.22. The minimum absolute atomic E-state index is 0.0838. The molecule has 0 aliphatic carbocycles. The van der Waals surface area contributed by atoms with Gasteiger partial charge < -0.3 is 14.6 Å². The van der Waals surface area contributed by atoms with E-state index in [-0.39, 0.29) is 12.7 Å². The van der Waals surface area contributed by atoms with E-state index in [0.717, 1.165) is 11.3 Å². The van der Waals surface area contributed by atoms with Crippen molar-refractivity contribution in [3.05, 3.63) is 29.3 Å². The molecule has 0 amide bonds. The molecule has 17 heavy (non-hydrogen) atoms. The fourth-order valence-electron chi connectivity index (χ4n) is 2.06. The molecular formula is C13H16O4. The SMILES string of the molecule is CCOC(=O)C(O)c1cccc2c1CC(C)O2. The molecule has 92 valence electrons. The highest BCUT2D eigenvalue weighted by molar-refractivity contribution is 5.77. The van der Waals surface area contributed by atoms with Crippen LogP contribution in [-0.2, 0) is 16.0 Å². The molecule has 2 rings (SSSR count). The molecule has 1 aliphatic rings. The van der Waals surface area contributed by atoms with Crippen LogP contribution in [-0.4, -0.2) is 23.8 Å². The van der Waals surface area contributed by atoms with E-state index in [9.17, 15) is 9.90 Å². The van der Waals surface area contributed by atoms with Gasteiger partial charge in [0.05, 0.1) is 6.61 Å². The Kier molecular flexibility index (Phi) is 3.33. The quantitative estimate of drug-likeness (QED) is 0.810. The van der Waals surface area contributed by atoms with Crippen molar-refractivity contribution < 1.29 is 19.4 Å².